The minimum atomic E-state index is -0.351. The van der Waals surface area contributed by atoms with E-state index >= 15 is 0 Å². The van der Waals surface area contributed by atoms with Gasteiger partial charge >= 0.3 is 6.09 Å². The maximum atomic E-state index is 12.4. The van der Waals surface area contributed by atoms with Crippen LogP contribution in [-0.2, 0) is 11.3 Å². The summed E-state index contributed by atoms with van der Waals surface area (Å²) in [6.07, 6.45) is 1.47. The first-order chi connectivity index (χ1) is 14.6. The lowest BCUT2D eigenvalue weighted by molar-refractivity contribution is 0.0951. The van der Waals surface area contributed by atoms with Crippen molar-refractivity contribution >= 4 is 23.5 Å². The van der Waals surface area contributed by atoms with Gasteiger partial charge in [-0.1, -0.05) is 13.0 Å². The number of likely N-dealkylation sites (N-methyl/N-ethyl adjacent to an activating group) is 1. The molecular formula is C22H27N5O3. The summed E-state index contributed by atoms with van der Waals surface area (Å²) in [5, 5.41) is 2.92. The van der Waals surface area contributed by atoms with Gasteiger partial charge in [0, 0.05) is 50.2 Å². The van der Waals surface area contributed by atoms with Crippen molar-refractivity contribution in [2.45, 2.75) is 13.5 Å². The second-order valence-corrected chi connectivity index (χ2v) is 7.44. The molecule has 0 aliphatic carbocycles. The van der Waals surface area contributed by atoms with Gasteiger partial charge in [-0.15, -0.1) is 0 Å². The van der Waals surface area contributed by atoms with E-state index in [4.69, 9.17) is 4.74 Å². The van der Waals surface area contributed by atoms with Gasteiger partial charge in [0.1, 0.15) is 12.4 Å². The van der Waals surface area contributed by atoms with Gasteiger partial charge in [0.15, 0.2) is 0 Å². The van der Waals surface area contributed by atoms with Crippen molar-refractivity contribution in [1.82, 2.24) is 15.2 Å². The van der Waals surface area contributed by atoms with E-state index < -0.39 is 0 Å². The molecule has 1 aromatic heterocycles. The number of hydrogen-bond donors (Lipinski definition) is 1. The number of cyclic esters (lactones) is 1. The fourth-order valence-electron chi connectivity index (χ4n) is 3.71. The van der Waals surface area contributed by atoms with Gasteiger partial charge in [0.2, 0.25) is 0 Å². The maximum absolute atomic E-state index is 12.4. The first-order valence-corrected chi connectivity index (χ1v) is 10.4. The molecule has 0 spiro atoms. The van der Waals surface area contributed by atoms with Crippen molar-refractivity contribution in [3.8, 4) is 0 Å². The molecular weight excluding hydrogens is 382 g/mol. The molecule has 2 amide bonds. The molecule has 8 nitrogen and oxygen atoms in total. The number of carbonyl (C=O) groups excluding carboxylic acids is 2. The number of nitrogens with one attached hydrogen (secondary N) is 1. The van der Waals surface area contributed by atoms with Crippen molar-refractivity contribution in [1.29, 1.82) is 0 Å². The maximum Gasteiger partial charge on any atom is 0.414 e. The average Bonchev–Trinajstić information content (AvgIpc) is 3.24. The molecule has 30 heavy (non-hydrogen) atoms. The third-order valence-electron chi connectivity index (χ3n) is 5.61. The molecule has 1 aromatic carbocycles. The molecule has 0 bridgehead atoms. The number of rotatable bonds is 6. The van der Waals surface area contributed by atoms with Crippen LogP contribution in [0, 0.1) is 0 Å². The molecule has 8 heteroatoms. The third-order valence-corrected chi connectivity index (χ3v) is 5.61. The highest BCUT2D eigenvalue weighted by Crippen LogP contribution is 2.19. The monoisotopic (exact) mass is 409 g/mol. The summed E-state index contributed by atoms with van der Waals surface area (Å²) < 4.78 is 4.94. The Bertz CT molecular complexity index is 877. The molecule has 2 aromatic rings. The normalized spacial score (nSPS) is 17.2. The predicted molar refractivity (Wildman–Crippen MR) is 115 cm³/mol. The van der Waals surface area contributed by atoms with Crippen LogP contribution in [-0.4, -0.2) is 67.8 Å². The number of hydrogen-bond acceptors (Lipinski definition) is 6. The Morgan fingerprint density at radius 1 is 1.07 bits per heavy atom. The Morgan fingerprint density at radius 3 is 2.43 bits per heavy atom. The number of nitrogens with zero attached hydrogens (tertiary/aromatic N) is 4. The fourth-order valence-corrected chi connectivity index (χ4v) is 3.71. The quantitative estimate of drug-likeness (QED) is 0.787. The predicted octanol–water partition coefficient (Wildman–Crippen LogP) is 2.11. The zero-order chi connectivity index (χ0) is 20.9. The third kappa shape index (κ3) is 4.54. The zero-order valence-electron chi connectivity index (χ0n) is 17.2. The molecule has 2 fully saturated rings. The highest BCUT2D eigenvalue weighted by Gasteiger charge is 2.23. The number of aromatic nitrogens is 1. The van der Waals surface area contributed by atoms with E-state index in [0.29, 0.717) is 25.3 Å². The lowest BCUT2D eigenvalue weighted by Crippen LogP contribution is -2.46. The minimum absolute atomic E-state index is 0.162. The summed E-state index contributed by atoms with van der Waals surface area (Å²) >= 11 is 0. The molecule has 0 radical (unpaired) electrons. The topological polar surface area (TPSA) is 78.0 Å². The fraction of sp³-hybridized carbons (Fsp3) is 0.409. The summed E-state index contributed by atoms with van der Waals surface area (Å²) in [4.78, 5) is 34.9. The highest BCUT2D eigenvalue weighted by atomic mass is 16.6. The number of carbonyl (C=O) groups is 2. The Balaban J connectivity index is 1.29. The van der Waals surface area contributed by atoms with Crippen molar-refractivity contribution < 1.29 is 14.3 Å². The highest BCUT2D eigenvalue weighted by molar-refractivity contribution is 5.95. The van der Waals surface area contributed by atoms with Crippen LogP contribution in [0.15, 0.2) is 42.6 Å². The van der Waals surface area contributed by atoms with E-state index in [1.165, 1.54) is 0 Å². The summed E-state index contributed by atoms with van der Waals surface area (Å²) in [5.74, 6) is 0.821. The van der Waals surface area contributed by atoms with Gasteiger partial charge in [-0.25, -0.2) is 9.78 Å². The lowest BCUT2D eigenvalue weighted by Gasteiger charge is -2.34. The van der Waals surface area contributed by atoms with Gasteiger partial charge in [-0.2, -0.15) is 0 Å². The second kappa shape index (κ2) is 9.13. The van der Waals surface area contributed by atoms with Crippen LogP contribution in [0.25, 0.3) is 0 Å². The number of ether oxygens (including phenoxy) is 1. The zero-order valence-corrected chi connectivity index (χ0v) is 17.2. The van der Waals surface area contributed by atoms with E-state index in [-0.39, 0.29) is 12.0 Å². The van der Waals surface area contributed by atoms with E-state index in [1.807, 2.05) is 18.3 Å². The van der Waals surface area contributed by atoms with E-state index in [0.717, 1.165) is 49.8 Å². The first kappa shape index (κ1) is 20.2. The standard InChI is InChI=1S/C22H27N5O3/c1-2-25-9-11-26(12-10-25)20-8-3-17(15-23-20)16-24-21(28)18-4-6-19(7-5-18)27-13-14-30-22(27)29/h3-8,15H,2,9-14,16H2,1H3,(H,24,28). The molecule has 3 heterocycles. The average molecular weight is 409 g/mol. The van der Waals surface area contributed by atoms with Gasteiger partial charge in [-0.05, 0) is 42.4 Å². The van der Waals surface area contributed by atoms with Crippen molar-refractivity contribution in [3.63, 3.8) is 0 Å². The van der Waals surface area contributed by atoms with Gasteiger partial charge in [0.25, 0.3) is 5.91 Å². The van der Waals surface area contributed by atoms with E-state index in [1.54, 1.807) is 29.2 Å². The van der Waals surface area contributed by atoms with Gasteiger partial charge in [-0.3, -0.25) is 9.69 Å². The van der Waals surface area contributed by atoms with Crippen LogP contribution in [0.5, 0.6) is 0 Å². The second-order valence-electron chi connectivity index (χ2n) is 7.44. The van der Waals surface area contributed by atoms with E-state index in [9.17, 15) is 9.59 Å². The molecule has 0 atom stereocenters. The van der Waals surface area contributed by atoms with Crippen molar-refractivity contribution in [3.05, 3.63) is 53.7 Å². The van der Waals surface area contributed by atoms with Crippen molar-refractivity contribution in [2.24, 2.45) is 0 Å². The van der Waals surface area contributed by atoms with Crippen LogP contribution in [0.1, 0.15) is 22.8 Å². The number of benzene rings is 1. The Morgan fingerprint density at radius 2 is 1.83 bits per heavy atom. The molecule has 4 rings (SSSR count). The molecule has 1 N–H and O–H groups in total. The van der Waals surface area contributed by atoms with E-state index in [2.05, 4.69) is 27.0 Å². The van der Waals surface area contributed by atoms with Crippen LogP contribution in [0.2, 0.25) is 0 Å². The Labute approximate surface area is 176 Å². The SMILES string of the molecule is CCN1CCN(c2ccc(CNC(=O)c3ccc(N4CCOC4=O)cc3)cn2)CC1. The summed E-state index contributed by atoms with van der Waals surface area (Å²) in [5.41, 5.74) is 2.23. The Kier molecular flexibility index (Phi) is 6.13. The first-order valence-electron chi connectivity index (χ1n) is 10.4. The molecule has 2 aliphatic heterocycles. The molecule has 158 valence electrons. The summed E-state index contributed by atoms with van der Waals surface area (Å²) in [7, 11) is 0. The number of piperazine rings is 1. The largest absolute Gasteiger partial charge is 0.447 e. The smallest absolute Gasteiger partial charge is 0.414 e. The van der Waals surface area contributed by atoms with Crippen LogP contribution in [0.3, 0.4) is 0 Å². The molecule has 2 saturated heterocycles. The Hall–Kier alpha value is -3.13. The number of anilines is 2. The minimum Gasteiger partial charge on any atom is -0.447 e. The summed E-state index contributed by atoms with van der Waals surface area (Å²) in [6.45, 7) is 8.72. The van der Waals surface area contributed by atoms with Crippen LogP contribution >= 0.6 is 0 Å². The van der Waals surface area contributed by atoms with Crippen molar-refractivity contribution in [2.75, 3.05) is 55.7 Å². The molecule has 0 unspecified atom stereocenters. The van der Waals surface area contributed by atoms with Gasteiger partial charge < -0.3 is 19.9 Å². The number of pyridine rings is 1. The number of amides is 2. The summed E-state index contributed by atoms with van der Waals surface area (Å²) in [6, 6.07) is 11.0. The lowest BCUT2D eigenvalue weighted by atomic mass is 10.1. The van der Waals surface area contributed by atoms with Gasteiger partial charge in [0.05, 0.1) is 6.54 Å². The molecule has 0 saturated carbocycles. The van der Waals surface area contributed by atoms with Crippen LogP contribution < -0.4 is 15.1 Å². The molecule has 2 aliphatic rings. The van der Waals surface area contributed by atoms with Crippen LogP contribution in [0.4, 0.5) is 16.3 Å².